The lowest BCUT2D eigenvalue weighted by Gasteiger charge is -2.17. The summed E-state index contributed by atoms with van der Waals surface area (Å²) in [5.74, 6) is -0.414. The van der Waals surface area contributed by atoms with E-state index in [-0.39, 0.29) is 40.7 Å². The van der Waals surface area contributed by atoms with Crippen LogP contribution in [0, 0.1) is 10.1 Å². The Morgan fingerprint density at radius 3 is 2.52 bits per heavy atom. The van der Waals surface area contributed by atoms with E-state index in [0.29, 0.717) is 0 Å². The van der Waals surface area contributed by atoms with Gasteiger partial charge in [-0.15, -0.1) is 0 Å². The molecule has 1 amide bonds. The van der Waals surface area contributed by atoms with Gasteiger partial charge in [0.25, 0.3) is 5.69 Å². The number of non-ortho nitro benzene ring substituents is 1. The molecule has 0 aromatic heterocycles. The molecule has 0 saturated heterocycles. The average Bonchev–Trinajstić information content (AvgIpc) is 2.64. The molecule has 0 fully saturated rings. The highest BCUT2D eigenvalue weighted by Crippen LogP contribution is 2.26. The maximum Gasteiger partial charge on any atom is 0.271 e. The molecule has 0 heterocycles. The van der Waals surface area contributed by atoms with Gasteiger partial charge in [-0.3, -0.25) is 14.9 Å². The van der Waals surface area contributed by atoms with Gasteiger partial charge in [-0.2, -0.15) is 0 Å². The zero-order valence-electron chi connectivity index (χ0n) is 14.5. The molecule has 0 aliphatic carbocycles. The number of carbonyl (C=O) groups is 1. The molecule has 0 radical (unpaired) electrons. The second-order valence-corrected chi connectivity index (χ2v) is 8.16. The number of carbonyl (C=O) groups excluding carboxylic acids is 1. The van der Waals surface area contributed by atoms with E-state index in [1.165, 1.54) is 41.7 Å². The van der Waals surface area contributed by atoms with E-state index >= 15 is 0 Å². The molecule has 2 aromatic rings. The Kier molecular flexibility index (Phi) is 6.89. The van der Waals surface area contributed by atoms with E-state index in [4.69, 9.17) is 11.6 Å². The SMILES string of the molecule is CN(CCCC(=O)Nc1cc([N+](=O)[O-])ccc1Cl)S(=O)(=O)c1ccccc1. The van der Waals surface area contributed by atoms with Crippen LogP contribution in [0.1, 0.15) is 12.8 Å². The van der Waals surface area contributed by atoms with Crippen LogP contribution >= 0.6 is 11.6 Å². The van der Waals surface area contributed by atoms with E-state index in [2.05, 4.69) is 5.32 Å². The number of benzene rings is 2. The monoisotopic (exact) mass is 411 g/mol. The molecule has 0 aliphatic heterocycles. The number of nitro groups is 1. The van der Waals surface area contributed by atoms with Crippen LogP contribution in [0.2, 0.25) is 5.02 Å². The van der Waals surface area contributed by atoms with Crippen LogP contribution in [0.4, 0.5) is 11.4 Å². The maximum atomic E-state index is 12.4. The van der Waals surface area contributed by atoms with Crippen molar-refractivity contribution in [1.29, 1.82) is 0 Å². The number of nitro benzene ring substituents is 1. The minimum absolute atomic E-state index is 0.0354. The van der Waals surface area contributed by atoms with Gasteiger partial charge in [-0.05, 0) is 24.6 Å². The van der Waals surface area contributed by atoms with Gasteiger partial charge < -0.3 is 5.32 Å². The molecule has 10 heteroatoms. The first-order valence-electron chi connectivity index (χ1n) is 7.97. The van der Waals surface area contributed by atoms with Crippen LogP contribution in [0.5, 0.6) is 0 Å². The Morgan fingerprint density at radius 2 is 1.89 bits per heavy atom. The normalized spacial score (nSPS) is 11.4. The number of anilines is 1. The predicted octanol–water partition coefficient (Wildman–Crippen LogP) is 3.29. The van der Waals surface area contributed by atoms with Crippen LogP contribution in [0.25, 0.3) is 0 Å². The summed E-state index contributed by atoms with van der Waals surface area (Å²) in [6.07, 6.45) is 0.314. The minimum atomic E-state index is -3.61. The second-order valence-electron chi connectivity index (χ2n) is 5.71. The van der Waals surface area contributed by atoms with Crippen molar-refractivity contribution in [1.82, 2.24) is 4.31 Å². The lowest BCUT2D eigenvalue weighted by Crippen LogP contribution is -2.28. The second kappa shape index (κ2) is 8.94. The van der Waals surface area contributed by atoms with Crippen molar-refractivity contribution in [2.75, 3.05) is 18.9 Å². The zero-order valence-corrected chi connectivity index (χ0v) is 16.0. The molecular formula is C17H18ClN3O5S. The highest BCUT2D eigenvalue weighted by atomic mass is 35.5. The van der Waals surface area contributed by atoms with Gasteiger partial charge in [0.15, 0.2) is 0 Å². The molecule has 0 unspecified atom stereocenters. The van der Waals surface area contributed by atoms with E-state index in [0.717, 1.165) is 0 Å². The molecule has 0 bridgehead atoms. The summed E-state index contributed by atoms with van der Waals surface area (Å²) in [6.45, 7) is 0.146. The van der Waals surface area contributed by atoms with Gasteiger partial charge in [0.2, 0.25) is 15.9 Å². The Bertz CT molecular complexity index is 935. The number of amides is 1. The summed E-state index contributed by atoms with van der Waals surface area (Å²) in [4.78, 5) is 22.4. The van der Waals surface area contributed by atoms with E-state index < -0.39 is 20.9 Å². The van der Waals surface area contributed by atoms with Gasteiger partial charge in [0.1, 0.15) is 0 Å². The van der Waals surface area contributed by atoms with Crippen molar-refractivity contribution in [2.24, 2.45) is 0 Å². The molecule has 0 saturated carbocycles. The van der Waals surface area contributed by atoms with Gasteiger partial charge >= 0.3 is 0 Å². The van der Waals surface area contributed by atoms with Crippen molar-refractivity contribution >= 4 is 38.9 Å². The standard InChI is InChI=1S/C17H18ClN3O5S/c1-20(27(25,26)14-6-3-2-4-7-14)11-5-8-17(22)19-16-12-13(21(23)24)9-10-15(16)18/h2-4,6-7,9-10,12H,5,8,11H2,1H3,(H,19,22). The number of nitrogens with zero attached hydrogens (tertiary/aromatic N) is 2. The van der Waals surface area contributed by atoms with Crippen LogP contribution in [-0.2, 0) is 14.8 Å². The maximum absolute atomic E-state index is 12.4. The molecular weight excluding hydrogens is 394 g/mol. The third kappa shape index (κ3) is 5.49. The predicted molar refractivity (Wildman–Crippen MR) is 102 cm³/mol. The van der Waals surface area contributed by atoms with Crippen molar-refractivity contribution < 1.29 is 18.1 Å². The van der Waals surface area contributed by atoms with E-state index in [9.17, 15) is 23.3 Å². The molecule has 1 N–H and O–H groups in total. The van der Waals surface area contributed by atoms with Gasteiger partial charge in [-0.25, -0.2) is 12.7 Å². The quantitative estimate of drug-likeness (QED) is 0.529. The number of rotatable bonds is 8. The molecule has 0 atom stereocenters. The first kappa shape index (κ1) is 20.8. The van der Waals surface area contributed by atoms with E-state index in [1.54, 1.807) is 18.2 Å². The molecule has 0 spiro atoms. The molecule has 8 nitrogen and oxygen atoms in total. The number of sulfonamides is 1. The summed E-state index contributed by atoms with van der Waals surface area (Å²) >= 11 is 5.93. The van der Waals surface area contributed by atoms with Crippen molar-refractivity contribution in [3.63, 3.8) is 0 Å². The van der Waals surface area contributed by atoms with Crippen LogP contribution in [0.15, 0.2) is 53.4 Å². The van der Waals surface area contributed by atoms with Crippen molar-refractivity contribution in [3.05, 3.63) is 63.7 Å². The summed E-state index contributed by atoms with van der Waals surface area (Å²) in [5, 5.41) is 13.5. The average molecular weight is 412 g/mol. The highest BCUT2D eigenvalue weighted by Gasteiger charge is 2.20. The summed E-state index contributed by atoms with van der Waals surface area (Å²) in [7, 11) is -2.17. The number of hydrogen-bond donors (Lipinski definition) is 1. The largest absolute Gasteiger partial charge is 0.325 e. The lowest BCUT2D eigenvalue weighted by molar-refractivity contribution is -0.384. The van der Waals surface area contributed by atoms with Crippen LogP contribution in [-0.4, -0.2) is 37.1 Å². The van der Waals surface area contributed by atoms with Crippen LogP contribution < -0.4 is 5.32 Å². The fourth-order valence-corrected chi connectivity index (χ4v) is 3.69. The highest BCUT2D eigenvalue weighted by molar-refractivity contribution is 7.89. The molecule has 27 heavy (non-hydrogen) atoms. The molecule has 0 aliphatic rings. The summed E-state index contributed by atoms with van der Waals surface area (Å²) < 4.78 is 26.0. The molecule has 2 rings (SSSR count). The first-order valence-corrected chi connectivity index (χ1v) is 9.79. The van der Waals surface area contributed by atoms with Crippen LogP contribution in [0.3, 0.4) is 0 Å². The Labute approximate surface area is 162 Å². The zero-order chi connectivity index (χ0) is 20.0. The Hall–Kier alpha value is -2.49. The third-order valence-corrected chi connectivity index (χ3v) is 5.96. The Balaban J connectivity index is 1.91. The van der Waals surface area contributed by atoms with Crippen molar-refractivity contribution in [2.45, 2.75) is 17.7 Å². The van der Waals surface area contributed by atoms with Crippen molar-refractivity contribution in [3.8, 4) is 0 Å². The van der Waals surface area contributed by atoms with Gasteiger partial charge in [-0.1, -0.05) is 29.8 Å². The fourth-order valence-electron chi connectivity index (χ4n) is 2.29. The van der Waals surface area contributed by atoms with Gasteiger partial charge in [0.05, 0.1) is 20.5 Å². The smallest absolute Gasteiger partial charge is 0.271 e. The third-order valence-electron chi connectivity index (χ3n) is 3.76. The number of nitrogens with one attached hydrogen (secondary N) is 1. The van der Waals surface area contributed by atoms with Gasteiger partial charge in [0, 0.05) is 32.1 Å². The summed E-state index contributed by atoms with van der Waals surface area (Å²) in [5.41, 5.74) is -0.0514. The number of hydrogen-bond acceptors (Lipinski definition) is 5. The fraction of sp³-hybridized carbons (Fsp3) is 0.235. The molecule has 144 valence electrons. The first-order chi connectivity index (χ1) is 12.7. The number of halogens is 1. The topological polar surface area (TPSA) is 110 Å². The van der Waals surface area contributed by atoms with E-state index in [1.807, 2.05) is 0 Å². The Morgan fingerprint density at radius 1 is 1.22 bits per heavy atom. The minimum Gasteiger partial charge on any atom is -0.325 e. The molecule has 2 aromatic carbocycles. The summed E-state index contributed by atoms with van der Waals surface area (Å²) in [6, 6.07) is 11.7. The lowest BCUT2D eigenvalue weighted by atomic mass is 10.2.